The third kappa shape index (κ3) is 3.94. The average molecular weight is 331 g/mol. The zero-order chi connectivity index (χ0) is 17.5. The van der Waals surface area contributed by atoms with Crippen LogP contribution < -0.4 is 10.6 Å². The summed E-state index contributed by atoms with van der Waals surface area (Å²) in [5, 5.41) is 17.0. The minimum absolute atomic E-state index is 0.0342. The first-order valence-corrected chi connectivity index (χ1v) is 7.34. The molecule has 2 N–H and O–H groups in total. The topological polar surface area (TPSA) is 119 Å². The minimum atomic E-state index is -0.560. The number of rotatable bonds is 7. The van der Waals surface area contributed by atoms with E-state index < -0.39 is 10.9 Å². The first-order chi connectivity index (χ1) is 11.6. The number of nitrogens with zero attached hydrogens (tertiary/aromatic N) is 3. The van der Waals surface area contributed by atoms with E-state index in [-0.39, 0.29) is 23.9 Å². The fourth-order valence-electron chi connectivity index (χ4n) is 2.02. The monoisotopic (exact) mass is 331 g/mol. The predicted octanol–water partition coefficient (Wildman–Crippen LogP) is 2.74. The van der Waals surface area contributed by atoms with Gasteiger partial charge < -0.3 is 15.4 Å². The summed E-state index contributed by atoms with van der Waals surface area (Å²) in [4.78, 5) is 30.4. The largest absolute Gasteiger partial charge is 0.462 e. The van der Waals surface area contributed by atoms with Gasteiger partial charge in [-0.25, -0.2) is 14.8 Å². The maximum Gasteiger partial charge on any atom is 0.353 e. The number of anilines is 3. The highest BCUT2D eigenvalue weighted by molar-refractivity contribution is 5.91. The number of nitrogens with one attached hydrogen (secondary N) is 2. The molecule has 0 aliphatic rings. The second-order valence-electron chi connectivity index (χ2n) is 4.63. The van der Waals surface area contributed by atoms with E-state index in [1.807, 2.05) is 6.92 Å². The van der Waals surface area contributed by atoms with Crippen LogP contribution in [0.3, 0.4) is 0 Å². The quantitative estimate of drug-likeness (QED) is 0.451. The molecule has 0 aliphatic heterocycles. The van der Waals surface area contributed by atoms with Crippen LogP contribution in [0.2, 0.25) is 0 Å². The molecule has 1 aromatic carbocycles. The second kappa shape index (κ2) is 7.86. The first kappa shape index (κ1) is 17.1. The molecule has 24 heavy (non-hydrogen) atoms. The van der Waals surface area contributed by atoms with Gasteiger partial charge in [-0.15, -0.1) is 0 Å². The molecule has 1 heterocycles. The number of aromatic nitrogens is 2. The second-order valence-corrected chi connectivity index (χ2v) is 4.63. The molecule has 0 amide bonds. The lowest BCUT2D eigenvalue weighted by molar-refractivity contribution is -0.383. The van der Waals surface area contributed by atoms with Gasteiger partial charge in [0.1, 0.15) is 6.33 Å². The molecule has 0 aliphatic carbocycles. The maximum atomic E-state index is 11.8. The Bertz CT molecular complexity index is 750. The summed E-state index contributed by atoms with van der Waals surface area (Å²) < 4.78 is 4.94. The van der Waals surface area contributed by atoms with Crippen LogP contribution in [-0.4, -0.2) is 34.0 Å². The number of ether oxygens (including phenoxy) is 1. The molecule has 0 saturated heterocycles. The molecule has 0 spiro atoms. The van der Waals surface area contributed by atoms with Gasteiger partial charge >= 0.3 is 11.7 Å². The zero-order valence-electron chi connectivity index (χ0n) is 13.3. The predicted molar refractivity (Wildman–Crippen MR) is 88.5 cm³/mol. The Morgan fingerprint density at radius 2 is 2.04 bits per heavy atom. The number of carbonyl (C=O) groups is 1. The van der Waals surface area contributed by atoms with E-state index in [9.17, 15) is 14.9 Å². The summed E-state index contributed by atoms with van der Waals surface area (Å²) in [7, 11) is 0. The van der Waals surface area contributed by atoms with Crippen LogP contribution in [0, 0.1) is 10.1 Å². The molecule has 9 heteroatoms. The van der Waals surface area contributed by atoms with Crippen molar-refractivity contribution >= 4 is 29.0 Å². The van der Waals surface area contributed by atoms with E-state index in [2.05, 4.69) is 20.6 Å². The Morgan fingerprint density at radius 3 is 2.71 bits per heavy atom. The molecule has 2 aromatic rings. The van der Waals surface area contributed by atoms with Gasteiger partial charge in [0.25, 0.3) is 0 Å². The number of esters is 1. The highest BCUT2D eigenvalue weighted by atomic mass is 16.6. The van der Waals surface area contributed by atoms with Crippen molar-refractivity contribution in [1.29, 1.82) is 0 Å². The normalized spacial score (nSPS) is 10.1. The van der Waals surface area contributed by atoms with Gasteiger partial charge in [-0.05, 0) is 32.0 Å². The summed E-state index contributed by atoms with van der Waals surface area (Å²) in [6.07, 6.45) is 1.22. The van der Waals surface area contributed by atoms with Crippen molar-refractivity contribution in [3.05, 3.63) is 46.3 Å². The van der Waals surface area contributed by atoms with Gasteiger partial charge in [0.05, 0.1) is 17.1 Å². The van der Waals surface area contributed by atoms with E-state index in [1.165, 1.54) is 12.4 Å². The van der Waals surface area contributed by atoms with Crippen LogP contribution in [0.25, 0.3) is 0 Å². The van der Waals surface area contributed by atoms with Crippen LogP contribution in [0.1, 0.15) is 24.2 Å². The number of carbonyl (C=O) groups excluding carboxylic acids is 1. The fraction of sp³-hybridized carbons (Fsp3) is 0.267. The van der Waals surface area contributed by atoms with Crippen molar-refractivity contribution in [2.75, 3.05) is 23.8 Å². The summed E-state index contributed by atoms with van der Waals surface area (Å²) in [6.45, 7) is 4.27. The highest BCUT2D eigenvalue weighted by Crippen LogP contribution is 2.31. The van der Waals surface area contributed by atoms with Crippen LogP contribution in [-0.2, 0) is 4.74 Å². The van der Waals surface area contributed by atoms with E-state index in [1.54, 1.807) is 25.1 Å². The number of hydrogen-bond donors (Lipinski definition) is 2. The van der Waals surface area contributed by atoms with Crippen molar-refractivity contribution in [1.82, 2.24) is 9.97 Å². The van der Waals surface area contributed by atoms with E-state index in [0.29, 0.717) is 17.8 Å². The van der Waals surface area contributed by atoms with Gasteiger partial charge in [-0.2, -0.15) is 0 Å². The highest BCUT2D eigenvalue weighted by Gasteiger charge is 2.22. The van der Waals surface area contributed by atoms with E-state index >= 15 is 0 Å². The molecule has 1 aromatic heterocycles. The molecule has 0 fully saturated rings. The van der Waals surface area contributed by atoms with Gasteiger partial charge in [0, 0.05) is 12.2 Å². The van der Waals surface area contributed by atoms with Gasteiger partial charge in [-0.3, -0.25) is 10.1 Å². The zero-order valence-corrected chi connectivity index (χ0v) is 13.3. The van der Waals surface area contributed by atoms with Crippen molar-refractivity contribution in [3.63, 3.8) is 0 Å². The molecular weight excluding hydrogens is 314 g/mol. The molecule has 0 saturated carbocycles. The Labute approximate surface area is 138 Å². The van der Waals surface area contributed by atoms with Crippen molar-refractivity contribution in [3.8, 4) is 0 Å². The Kier molecular flexibility index (Phi) is 5.61. The molecule has 0 atom stereocenters. The van der Waals surface area contributed by atoms with Gasteiger partial charge in [0.2, 0.25) is 11.6 Å². The number of nitro groups is 1. The third-order valence-electron chi connectivity index (χ3n) is 2.99. The number of benzene rings is 1. The Morgan fingerprint density at radius 1 is 1.29 bits per heavy atom. The maximum absolute atomic E-state index is 11.8. The van der Waals surface area contributed by atoms with E-state index in [4.69, 9.17) is 4.74 Å². The number of hydrogen-bond acceptors (Lipinski definition) is 8. The van der Waals surface area contributed by atoms with Gasteiger partial charge in [0.15, 0.2) is 0 Å². The van der Waals surface area contributed by atoms with E-state index in [0.717, 1.165) is 0 Å². The first-order valence-electron chi connectivity index (χ1n) is 7.34. The summed E-state index contributed by atoms with van der Waals surface area (Å²) in [6, 6.07) is 6.45. The SMILES string of the molecule is CCNc1ncnc(Nc2cccc(C(=O)OCC)c2)c1[N+](=O)[O-]. The van der Waals surface area contributed by atoms with Crippen molar-refractivity contribution < 1.29 is 14.5 Å². The lowest BCUT2D eigenvalue weighted by atomic mass is 10.2. The summed E-state index contributed by atoms with van der Waals surface area (Å²) in [5.74, 6) is -0.305. The molecule has 126 valence electrons. The van der Waals surface area contributed by atoms with Crippen LogP contribution >= 0.6 is 0 Å². The minimum Gasteiger partial charge on any atom is -0.462 e. The lowest BCUT2D eigenvalue weighted by Crippen LogP contribution is -2.08. The van der Waals surface area contributed by atoms with Crippen LogP contribution in [0.5, 0.6) is 0 Å². The standard InChI is InChI=1S/C15H17N5O4/c1-3-16-13-12(20(22)23)14(18-9-17-13)19-11-7-5-6-10(8-11)15(21)24-4-2/h5-9H,3-4H2,1-2H3,(H2,16,17,18,19). The fourth-order valence-corrected chi connectivity index (χ4v) is 2.02. The molecule has 2 rings (SSSR count). The third-order valence-corrected chi connectivity index (χ3v) is 2.99. The molecule has 0 unspecified atom stereocenters. The molecular formula is C15H17N5O4. The van der Waals surface area contributed by atoms with Crippen LogP contribution in [0.4, 0.5) is 23.0 Å². The summed E-state index contributed by atoms with van der Waals surface area (Å²) >= 11 is 0. The Hall–Kier alpha value is -3.23. The van der Waals surface area contributed by atoms with Crippen LogP contribution in [0.15, 0.2) is 30.6 Å². The summed E-state index contributed by atoms with van der Waals surface area (Å²) in [5.41, 5.74) is 0.552. The van der Waals surface area contributed by atoms with Crippen molar-refractivity contribution in [2.24, 2.45) is 0 Å². The van der Waals surface area contributed by atoms with Crippen molar-refractivity contribution in [2.45, 2.75) is 13.8 Å². The molecule has 0 bridgehead atoms. The average Bonchev–Trinajstić information content (AvgIpc) is 2.55. The Balaban J connectivity index is 2.34. The van der Waals surface area contributed by atoms with Gasteiger partial charge in [-0.1, -0.05) is 6.07 Å². The molecule has 0 radical (unpaired) electrons. The molecule has 9 nitrogen and oxygen atoms in total. The smallest absolute Gasteiger partial charge is 0.353 e. The lowest BCUT2D eigenvalue weighted by Gasteiger charge is -2.10.